The Morgan fingerprint density at radius 3 is 2.75 bits per heavy atom. The van der Waals surface area contributed by atoms with Crippen LogP contribution in [0.15, 0.2) is 12.2 Å². The van der Waals surface area contributed by atoms with Gasteiger partial charge in [0.1, 0.15) is 0 Å². The van der Waals surface area contributed by atoms with E-state index in [0.29, 0.717) is 6.54 Å². The maximum Gasteiger partial charge on any atom is 0.0869 e. The Balaban J connectivity index is 1.37. The smallest absolute Gasteiger partial charge is 0.0869 e. The van der Waals surface area contributed by atoms with E-state index in [-0.39, 0.29) is 0 Å². The molecule has 1 saturated carbocycles. The summed E-state index contributed by atoms with van der Waals surface area (Å²) in [5, 5.41) is 14.0. The summed E-state index contributed by atoms with van der Waals surface area (Å²) < 4.78 is 5.35. The predicted octanol–water partition coefficient (Wildman–Crippen LogP) is 0.871. The zero-order valence-electron chi connectivity index (χ0n) is 12.6. The molecule has 2 aliphatic carbocycles. The first kappa shape index (κ1) is 14.5. The molecule has 0 spiro atoms. The van der Waals surface area contributed by atoms with E-state index in [0.717, 1.165) is 57.1 Å². The van der Waals surface area contributed by atoms with Gasteiger partial charge in [-0.3, -0.25) is 4.90 Å². The lowest BCUT2D eigenvalue weighted by Gasteiger charge is -2.34. The molecule has 2 bridgehead atoms. The van der Waals surface area contributed by atoms with Gasteiger partial charge in [0.15, 0.2) is 0 Å². The first-order valence-electron chi connectivity index (χ1n) is 8.04. The molecule has 0 aromatic carbocycles. The highest BCUT2D eigenvalue weighted by Crippen LogP contribution is 2.42. The lowest BCUT2D eigenvalue weighted by atomic mass is 9.93. The Labute approximate surface area is 122 Å². The van der Waals surface area contributed by atoms with Crippen LogP contribution in [-0.4, -0.2) is 61.5 Å². The molecule has 2 fully saturated rings. The van der Waals surface area contributed by atoms with Crippen molar-refractivity contribution in [1.29, 1.82) is 0 Å². The van der Waals surface area contributed by atoms with Crippen molar-refractivity contribution in [2.24, 2.45) is 17.8 Å². The normalized spacial score (nSPS) is 36.4. The van der Waals surface area contributed by atoms with Gasteiger partial charge < -0.3 is 15.2 Å². The number of rotatable bonds is 6. The number of nitrogens with zero attached hydrogens (tertiary/aromatic N) is 1. The third kappa shape index (κ3) is 3.61. The van der Waals surface area contributed by atoms with Gasteiger partial charge in [-0.05, 0) is 44.1 Å². The van der Waals surface area contributed by atoms with E-state index < -0.39 is 5.60 Å². The Bertz CT molecular complexity index is 350. The third-order valence-electron chi connectivity index (χ3n) is 5.00. The van der Waals surface area contributed by atoms with Crippen molar-refractivity contribution < 1.29 is 9.84 Å². The van der Waals surface area contributed by atoms with Gasteiger partial charge >= 0.3 is 0 Å². The first-order valence-corrected chi connectivity index (χ1v) is 8.04. The molecule has 4 heteroatoms. The minimum atomic E-state index is -0.648. The van der Waals surface area contributed by atoms with Crippen LogP contribution in [0.5, 0.6) is 0 Å². The standard InChI is InChI=1S/C16H28N2O2/c1-16(19,12-18-4-6-20-7-5-18)11-17-10-15-9-13-2-3-14(15)8-13/h2-3,13-15,17,19H,4-12H2,1H3. The van der Waals surface area contributed by atoms with Gasteiger partial charge in [-0.1, -0.05) is 12.2 Å². The van der Waals surface area contributed by atoms with Crippen molar-refractivity contribution in [3.8, 4) is 0 Å². The number of morpholine rings is 1. The maximum absolute atomic E-state index is 10.5. The molecule has 1 aliphatic heterocycles. The van der Waals surface area contributed by atoms with E-state index in [1.54, 1.807) is 0 Å². The molecule has 3 aliphatic rings. The van der Waals surface area contributed by atoms with Crippen LogP contribution in [0.25, 0.3) is 0 Å². The molecule has 3 rings (SSSR count). The van der Waals surface area contributed by atoms with Crippen LogP contribution in [0.1, 0.15) is 19.8 Å². The largest absolute Gasteiger partial charge is 0.388 e. The SMILES string of the molecule is CC(O)(CNCC1CC2C=CC1C2)CN1CCOCC1. The topological polar surface area (TPSA) is 44.7 Å². The Morgan fingerprint density at radius 2 is 2.10 bits per heavy atom. The van der Waals surface area contributed by atoms with Crippen molar-refractivity contribution in [2.75, 3.05) is 45.9 Å². The highest BCUT2D eigenvalue weighted by molar-refractivity contribution is 5.10. The first-order chi connectivity index (χ1) is 9.62. The number of allylic oxidation sites excluding steroid dienone is 2. The van der Waals surface area contributed by atoms with E-state index in [9.17, 15) is 5.11 Å². The summed E-state index contributed by atoms with van der Waals surface area (Å²) in [6.45, 7) is 7.87. The summed E-state index contributed by atoms with van der Waals surface area (Å²) in [5.74, 6) is 2.40. The summed E-state index contributed by atoms with van der Waals surface area (Å²) >= 11 is 0. The van der Waals surface area contributed by atoms with Crippen LogP contribution in [0.2, 0.25) is 0 Å². The van der Waals surface area contributed by atoms with Crippen molar-refractivity contribution >= 4 is 0 Å². The van der Waals surface area contributed by atoms with Gasteiger partial charge in [-0.2, -0.15) is 0 Å². The van der Waals surface area contributed by atoms with Gasteiger partial charge in [-0.25, -0.2) is 0 Å². The maximum atomic E-state index is 10.5. The van der Waals surface area contributed by atoms with Crippen molar-refractivity contribution in [1.82, 2.24) is 10.2 Å². The second-order valence-corrected chi connectivity index (χ2v) is 7.06. The molecule has 4 unspecified atom stereocenters. The zero-order valence-corrected chi connectivity index (χ0v) is 12.6. The number of β-amino-alcohol motifs (C(OH)–C–C–N with tert-alkyl or cyclic N) is 1. The summed E-state index contributed by atoms with van der Waals surface area (Å²) in [5.41, 5.74) is -0.648. The fraction of sp³-hybridized carbons (Fsp3) is 0.875. The molecule has 20 heavy (non-hydrogen) atoms. The van der Waals surface area contributed by atoms with Gasteiger partial charge in [0.25, 0.3) is 0 Å². The lowest BCUT2D eigenvalue weighted by Crippen LogP contribution is -2.51. The van der Waals surface area contributed by atoms with Crippen LogP contribution in [0.4, 0.5) is 0 Å². The monoisotopic (exact) mass is 280 g/mol. The number of hydrogen-bond acceptors (Lipinski definition) is 4. The van der Waals surface area contributed by atoms with Crippen LogP contribution >= 0.6 is 0 Å². The molecule has 0 aromatic heterocycles. The molecule has 1 saturated heterocycles. The lowest BCUT2D eigenvalue weighted by molar-refractivity contribution is -0.0221. The van der Waals surface area contributed by atoms with E-state index in [4.69, 9.17) is 4.74 Å². The summed E-state index contributed by atoms with van der Waals surface area (Å²) in [6, 6.07) is 0. The molecular formula is C16H28N2O2. The number of fused-ring (bicyclic) bond motifs is 2. The fourth-order valence-electron chi connectivity index (χ4n) is 3.95. The second-order valence-electron chi connectivity index (χ2n) is 7.06. The highest BCUT2D eigenvalue weighted by atomic mass is 16.5. The van der Waals surface area contributed by atoms with E-state index in [2.05, 4.69) is 22.4 Å². The molecule has 0 aromatic rings. The summed E-state index contributed by atoms with van der Waals surface area (Å²) in [6.07, 6.45) is 7.47. The van der Waals surface area contributed by atoms with E-state index >= 15 is 0 Å². The van der Waals surface area contributed by atoms with E-state index in [1.807, 2.05) is 6.92 Å². The molecule has 0 amide bonds. The number of nitrogens with one attached hydrogen (secondary N) is 1. The molecule has 0 radical (unpaired) electrons. The van der Waals surface area contributed by atoms with Crippen molar-refractivity contribution in [3.63, 3.8) is 0 Å². The van der Waals surface area contributed by atoms with Crippen LogP contribution in [0.3, 0.4) is 0 Å². The average Bonchev–Trinajstić information content (AvgIpc) is 3.01. The number of hydrogen-bond donors (Lipinski definition) is 2. The molecule has 4 atom stereocenters. The number of aliphatic hydroxyl groups is 1. The van der Waals surface area contributed by atoms with Gasteiger partial charge in [0.2, 0.25) is 0 Å². The van der Waals surface area contributed by atoms with Gasteiger partial charge in [-0.15, -0.1) is 0 Å². The molecule has 114 valence electrons. The molecule has 2 N–H and O–H groups in total. The van der Waals surface area contributed by atoms with Crippen LogP contribution in [-0.2, 0) is 4.74 Å². The third-order valence-corrected chi connectivity index (χ3v) is 5.00. The van der Waals surface area contributed by atoms with Crippen molar-refractivity contribution in [2.45, 2.75) is 25.4 Å². The Hall–Kier alpha value is -0.420. The van der Waals surface area contributed by atoms with Crippen LogP contribution < -0.4 is 5.32 Å². The predicted molar refractivity (Wildman–Crippen MR) is 79.6 cm³/mol. The van der Waals surface area contributed by atoms with Crippen molar-refractivity contribution in [3.05, 3.63) is 12.2 Å². The minimum Gasteiger partial charge on any atom is -0.388 e. The molecule has 4 nitrogen and oxygen atoms in total. The zero-order chi connectivity index (χ0) is 14.0. The van der Waals surface area contributed by atoms with Gasteiger partial charge in [0.05, 0.1) is 18.8 Å². The molecule has 1 heterocycles. The quantitative estimate of drug-likeness (QED) is 0.709. The average molecular weight is 280 g/mol. The molecular weight excluding hydrogens is 252 g/mol. The van der Waals surface area contributed by atoms with E-state index in [1.165, 1.54) is 12.8 Å². The summed E-state index contributed by atoms with van der Waals surface area (Å²) in [7, 11) is 0. The van der Waals surface area contributed by atoms with Gasteiger partial charge in [0, 0.05) is 26.2 Å². The fourth-order valence-corrected chi connectivity index (χ4v) is 3.95. The summed E-state index contributed by atoms with van der Waals surface area (Å²) in [4.78, 5) is 2.30. The van der Waals surface area contributed by atoms with Crippen LogP contribution in [0, 0.1) is 17.8 Å². The second kappa shape index (κ2) is 6.14. The Kier molecular flexibility index (Phi) is 4.46. The Morgan fingerprint density at radius 1 is 1.30 bits per heavy atom. The number of ether oxygens (including phenoxy) is 1. The highest BCUT2D eigenvalue weighted by Gasteiger charge is 2.35. The minimum absolute atomic E-state index is 0.648.